The van der Waals surface area contributed by atoms with Gasteiger partial charge in [-0.2, -0.15) is 0 Å². The van der Waals surface area contributed by atoms with E-state index in [-0.39, 0.29) is 17.4 Å². The molecule has 18 heavy (non-hydrogen) atoms. The molecule has 102 valence electrons. The van der Waals surface area contributed by atoms with Crippen molar-refractivity contribution >= 4 is 0 Å². The Kier molecular flexibility index (Phi) is 4.51. The second-order valence-electron chi connectivity index (χ2n) is 5.56. The Morgan fingerprint density at radius 2 is 1.89 bits per heavy atom. The Labute approximate surface area is 110 Å². The summed E-state index contributed by atoms with van der Waals surface area (Å²) in [6, 6.07) is 3.22. The molecular weight excluding hydrogens is 227 g/mol. The van der Waals surface area contributed by atoms with Crippen LogP contribution in [-0.4, -0.2) is 24.5 Å². The summed E-state index contributed by atoms with van der Waals surface area (Å²) < 4.78 is 14.2. The second kappa shape index (κ2) is 5.37. The number of nitrogens with zero attached hydrogens (tertiary/aromatic N) is 1. The van der Waals surface area contributed by atoms with E-state index in [1.54, 1.807) is 6.07 Å². The molecule has 0 fully saturated rings. The van der Waals surface area contributed by atoms with E-state index in [1.165, 1.54) is 0 Å². The highest BCUT2D eigenvalue weighted by molar-refractivity contribution is 5.36. The molecule has 0 aliphatic heterocycles. The lowest BCUT2D eigenvalue weighted by molar-refractivity contribution is 0.130. The smallest absolute Gasteiger partial charge is 0.128 e. The van der Waals surface area contributed by atoms with E-state index in [4.69, 9.17) is 5.73 Å². The Morgan fingerprint density at radius 1 is 1.33 bits per heavy atom. The summed E-state index contributed by atoms with van der Waals surface area (Å²) in [7, 11) is 3.98. The third kappa shape index (κ3) is 2.57. The van der Waals surface area contributed by atoms with Gasteiger partial charge in [0.05, 0.1) is 6.04 Å². The maximum Gasteiger partial charge on any atom is 0.128 e. The summed E-state index contributed by atoms with van der Waals surface area (Å²) in [6.45, 7) is 7.99. The lowest BCUT2D eigenvalue weighted by Gasteiger charge is -2.41. The number of nitrogens with two attached hydrogens (primary N) is 1. The van der Waals surface area contributed by atoms with Gasteiger partial charge in [-0.3, -0.25) is 0 Å². The largest absolute Gasteiger partial charge is 0.322 e. The number of halogens is 1. The predicted molar refractivity (Wildman–Crippen MR) is 75.2 cm³/mol. The van der Waals surface area contributed by atoms with E-state index in [0.717, 1.165) is 17.5 Å². The van der Waals surface area contributed by atoms with Crippen LogP contribution in [0.2, 0.25) is 0 Å². The summed E-state index contributed by atoms with van der Waals surface area (Å²) in [5, 5.41) is 0. The topological polar surface area (TPSA) is 29.3 Å². The Morgan fingerprint density at radius 3 is 2.28 bits per heavy atom. The van der Waals surface area contributed by atoms with Gasteiger partial charge in [0, 0.05) is 11.1 Å². The first-order valence-electron chi connectivity index (χ1n) is 6.43. The fraction of sp³-hybridized carbons (Fsp3) is 0.600. The van der Waals surface area contributed by atoms with Crippen LogP contribution in [0.4, 0.5) is 4.39 Å². The van der Waals surface area contributed by atoms with Gasteiger partial charge in [0.15, 0.2) is 0 Å². The molecule has 0 amide bonds. The molecule has 3 heteroatoms. The van der Waals surface area contributed by atoms with Gasteiger partial charge in [-0.1, -0.05) is 13.0 Å². The van der Waals surface area contributed by atoms with Crippen molar-refractivity contribution in [1.29, 1.82) is 0 Å². The number of aryl methyl sites for hydroxylation is 2. The van der Waals surface area contributed by atoms with E-state index < -0.39 is 0 Å². The van der Waals surface area contributed by atoms with Crippen molar-refractivity contribution in [3.63, 3.8) is 0 Å². The maximum atomic E-state index is 14.2. The molecule has 0 saturated carbocycles. The SMILES string of the molecule is CCC(C)(C(N)c1c(C)cc(C)cc1F)N(C)C. The molecule has 0 saturated heterocycles. The van der Waals surface area contributed by atoms with Crippen molar-refractivity contribution < 1.29 is 4.39 Å². The summed E-state index contributed by atoms with van der Waals surface area (Å²) in [5.41, 5.74) is 8.61. The van der Waals surface area contributed by atoms with Crippen molar-refractivity contribution in [1.82, 2.24) is 4.90 Å². The van der Waals surface area contributed by atoms with Crippen LogP contribution in [0.3, 0.4) is 0 Å². The third-order valence-electron chi connectivity index (χ3n) is 4.20. The van der Waals surface area contributed by atoms with Gasteiger partial charge < -0.3 is 10.6 Å². The molecule has 1 aromatic rings. The minimum Gasteiger partial charge on any atom is -0.322 e. The van der Waals surface area contributed by atoms with Crippen LogP contribution in [-0.2, 0) is 0 Å². The van der Waals surface area contributed by atoms with Crippen molar-refractivity contribution in [3.05, 3.63) is 34.6 Å². The predicted octanol–water partition coefficient (Wildman–Crippen LogP) is 3.17. The minimum atomic E-state index is -0.335. The molecular formula is C15H25FN2. The summed E-state index contributed by atoms with van der Waals surface area (Å²) >= 11 is 0. The number of hydrogen-bond acceptors (Lipinski definition) is 2. The van der Waals surface area contributed by atoms with Gasteiger partial charge in [0.25, 0.3) is 0 Å². The van der Waals surface area contributed by atoms with Gasteiger partial charge in [-0.15, -0.1) is 0 Å². The fourth-order valence-electron chi connectivity index (χ4n) is 2.45. The first kappa shape index (κ1) is 15.1. The van der Waals surface area contributed by atoms with Crippen molar-refractivity contribution in [2.75, 3.05) is 14.1 Å². The highest BCUT2D eigenvalue weighted by atomic mass is 19.1. The van der Waals surface area contributed by atoms with Crippen molar-refractivity contribution in [3.8, 4) is 0 Å². The van der Waals surface area contributed by atoms with Crippen LogP contribution >= 0.6 is 0 Å². The summed E-state index contributed by atoms with van der Waals surface area (Å²) in [6.07, 6.45) is 0.869. The zero-order chi connectivity index (χ0) is 14.1. The molecule has 2 unspecified atom stereocenters. The normalized spacial score (nSPS) is 16.7. The maximum absolute atomic E-state index is 14.2. The van der Waals surface area contributed by atoms with E-state index >= 15 is 0 Å². The Balaban J connectivity index is 3.30. The second-order valence-corrected chi connectivity index (χ2v) is 5.56. The molecule has 0 spiro atoms. The van der Waals surface area contributed by atoms with Crippen LogP contribution in [0.15, 0.2) is 12.1 Å². The monoisotopic (exact) mass is 252 g/mol. The number of benzene rings is 1. The number of rotatable bonds is 4. The third-order valence-corrected chi connectivity index (χ3v) is 4.20. The molecule has 1 aromatic carbocycles. The van der Waals surface area contributed by atoms with Gasteiger partial charge in [0.1, 0.15) is 5.82 Å². The highest BCUT2D eigenvalue weighted by Crippen LogP contribution is 2.34. The Hall–Kier alpha value is -0.930. The van der Waals surface area contributed by atoms with Gasteiger partial charge in [0.2, 0.25) is 0 Å². The van der Waals surface area contributed by atoms with E-state index in [9.17, 15) is 4.39 Å². The molecule has 0 bridgehead atoms. The molecule has 2 atom stereocenters. The highest BCUT2D eigenvalue weighted by Gasteiger charge is 2.35. The molecule has 0 aromatic heterocycles. The van der Waals surface area contributed by atoms with Crippen LogP contribution in [0.1, 0.15) is 43.0 Å². The van der Waals surface area contributed by atoms with Gasteiger partial charge >= 0.3 is 0 Å². The number of likely N-dealkylation sites (N-methyl/N-ethyl adjacent to an activating group) is 1. The van der Waals surface area contributed by atoms with Crippen LogP contribution in [0, 0.1) is 19.7 Å². The minimum absolute atomic E-state index is 0.193. The fourth-order valence-corrected chi connectivity index (χ4v) is 2.45. The first-order chi connectivity index (χ1) is 8.24. The average molecular weight is 252 g/mol. The van der Waals surface area contributed by atoms with E-state index in [1.807, 2.05) is 34.0 Å². The zero-order valence-corrected chi connectivity index (χ0v) is 12.3. The quantitative estimate of drug-likeness (QED) is 0.892. The van der Waals surface area contributed by atoms with Crippen LogP contribution in [0.25, 0.3) is 0 Å². The van der Waals surface area contributed by atoms with Crippen molar-refractivity contribution in [2.24, 2.45) is 5.73 Å². The lowest BCUT2D eigenvalue weighted by Crippen LogP contribution is -2.50. The Bertz CT molecular complexity index is 405. The summed E-state index contributed by atoms with van der Waals surface area (Å²) in [4.78, 5) is 2.08. The van der Waals surface area contributed by atoms with Gasteiger partial charge in [-0.05, 0) is 58.5 Å². The lowest BCUT2D eigenvalue weighted by atomic mass is 9.82. The molecule has 0 aliphatic carbocycles. The van der Waals surface area contributed by atoms with Gasteiger partial charge in [-0.25, -0.2) is 4.39 Å². The summed E-state index contributed by atoms with van der Waals surface area (Å²) in [5.74, 6) is -0.193. The molecule has 2 nitrogen and oxygen atoms in total. The van der Waals surface area contributed by atoms with E-state index in [0.29, 0.717) is 5.56 Å². The molecule has 0 radical (unpaired) electrons. The van der Waals surface area contributed by atoms with Crippen LogP contribution < -0.4 is 5.73 Å². The standard InChI is InChI=1S/C15H25FN2/c1-7-15(4,18(5)6)14(17)13-11(3)8-10(2)9-12(13)16/h8-9,14H,7,17H2,1-6H3. The number of hydrogen-bond donors (Lipinski definition) is 1. The molecule has 0 aliphatic rings. The molecule has 2 N–H and O–H groups in total. The van der Waals surface area contributed by atoms with E-state index in [2.05, 4.69) is 18.7 Å². The average Bonchev–Trinajstić information content (AvgIpc) is 2.25. The van der Waals surface area contributed by atoms with Crippen molar-refractivity contribution in [2.45, 2.75) is 45.7 Å². The first-order valence-corrected chi connectivity index (χ1v) is 6.43. The zero-order valence-electron chi connectivity index (χ0n) is 12.3. The molecule has 0 heterocycles. The van der Waals surface area contributed by atoms with Crippen LogP contribution in [0.5, 0.6) is 0 Å². The molecule has 1 rings (SSSR count).